The maximum atomic E-state index is 13.0. The van der Waals surface area contributed by atoms with Crippen molar-refractivity contribution in [3.63, 3.8) is 0 Å². The third kappa shape index (κ3) is 8.47. The molecule has 0 fully saturated rings. The number of H-pyrrole nitrogens is 3. The summed E-state index contributed by atoms with van der Waals surface area (Å²) in [4.78, 5) is 68.4. The first kappa shape index (κ1) is 37.6. The monoisotopic (exact) mass is 685 g/mol. The molecular weight excluding hydrogens is 638 g/mol. The van der Waals surface area contributed by atoms with E-state index in [-0.39, 0.29) is 30.1 Å². The summed E-state index contributed by atoms with van der Waals surface area (Å²) in [5.41, 5.74) is 11.9. The van der Waals surface area contributed by atoms with Gasteiger partial charge in [-0.05, 0) is 92.0 Å². The van der Waals surface area contributed by atoms with E-state index in [4.69, 9.17) is 14.5 Å². The summed E-state index contributed by atoms with van der Waals surface area (Å²) in [5.74, 6) is -1.82. The summed E-state index contributed by atoms with van der Waals surface area (Å²) >= 11 is 0. The summed E-state index contributed by atoms with van der Waals surface area (Å²) in [5, 5.41) is 0. The van der Waals surface area contributed by atoms with E-state index in [9.17, 15) is 19.2 Å². The van der Waals surface area contributed by atoms with Crippen molar-refractivity contribution in [3.05, 3.63) is 85.4 Å². The van der Waals surface area contributed by atoms with E-state index >= 15 is 0 Å². The van der Waals surface area contributed by atoms with E-state index in [1.165, 1.54) is 32.5 Å². The van der Waals surface area contributed by atoms with Crippen molar-refractivity contribution in [1.82, 2.24) is 15.0 Å². The van der Waals surface area contributed by atoms with E-state index in [1.54, 1.807) is 6.92 Å². The van der Waals surface area contributed by atoms with Crippen LogP contribution in [0.5, 0.6) is 0 Å². The average molecular weight is 686 g/mol. The topological polar surface area (TPSA) is 168 Å². The lowest BCUT2D eigenvalue weighted by Gasteiger charge is -2.05. The number of aromatic nitrogens is 3. The molecule has 0 radical (unpaired) electrons. The molecule has 1 aliphatic rings. The molecule has 1 aliphatic heterocycles. The zero-order chi connectivity index (χ0) is 36.5. The lowest BCUT2D eigenvalue weighted by Crippen LogP contribution is -2.22. The van der Waals surface area contributed by atoms with Gasteiger partial charge >= 0.3 is 17.9 Å². The minimum absolute atomic E-state index is 0.0146. The van der Waals surface area contributed by atoms with E-state index in [0.29, 0.717) is 30.7 Å². The van der Waals surface area contributed by atoms with Gasteiger partial charge in [0.15, 0.2) is 5.78 Å². The Morgan fingerprint density at radius 2 is 1.42 bits per heavy atom. The molecule has 3 aromatic rings. The van der Waals surface area contributed by atoms with Crippen LogP contribution < -0.4 is 0 Å². The lowest BCUT2D eigenvalue weighted by molar-refractivity contribution is -0.141. The number of aliphatic imine (C=N–C) groups is 2. The zero-order valence-electron chi connectivity index (χ0n) is 30.2. The number of hydrogen-bond donors (Lipinski definition) is 3. The molecule has 4 rings (SSSR count). The van der Waals surface area contributed by atoms with E-state index < -0.39 is 17.7 Å². The van der Waals surface area contributed by atoms with Gasteiger partial charge in [-0.3, -0.25) is 19.4 Å². The highest BCUT2D eigenvalue weighted by Gasteiger charge is 2.32. The van der Waals surface area contributed by atoms with Crippen LogP contribution in [0.2, 0.25) is 0 Å². The van der Waals surface area contributed by atoms with Crippen molar-refractivity contribution in [1.29, 1.82) is 0 Å². The number of hydrogen-bond acceptors (Lipinski definition) is 9. The average Bonchev–Trinajstić information content (AvgIpc) is 3.84. The number of carbonyl (C=O) groups is 4. The van der Waals surface area contributed by atoms with Crippen molar-refractivity contribution in [2.75, 3.05) is 27.9 Å². The Balaban J connectivity index is 1.46. The number of aromatic amines is 3. The second kappa shape index (κ2) is 16.9. The molecule has 0 spiro atoms. The maximum Gasteiger partial charge on any atom is 0.340 e. The second-order valence-corrected chi connectivity index (χ2v) is 12.3. The summed E-state index contributed by atoms with van der Waals surface area (Å²) in [6.07, 6.45) is 10.7. The molecule has 0 saturated heterocycles. The Morgan fingerprint density at radius 1 is 0.800 bits per heavy atom. The number of nitrogens with zero attached hydrogens (tertiary/aromatic N) is 2. The van der Waals surface area contributed by atoms with E-state index in [1.807, 2.05) is 31.6 Å². The third-order valence-corrected chi connectivity index (χ3v) is 9.37. The molecular formula is C38H47N5O7. The predicted molar refractivity (Wildman–Crippen MR) is 192 cm³/mol. The third-order valence-electron chi connectivity index (χ3n) is 9.37. The highest BCUT2D eigenvalue weighted by atomic mass is 16.5. The van der Waals surface area contributed by atoms with Crippen LogP contribution in [0.25, 0.3) is 6.08 Å². The highest BCUT2D eigenvalue weighted by Crippen LogP contribution is 2.31. The number of methoxy groups -OCH3 is 3. The van der Waals surface area contributed by atoms with Gasteiger partial charge in [0.2, 0.25) is 0 Å². The van der Waals surface area contributed by atoms with Crippen molar-refractivity contribution < 1.29 is 33.4 Å². The maximum absolute atomic E-state index is 13.0. The fraction of sp³-hybridized carbons (Fsp3) is 0.421. The highest BCUT2D eigenvalue weighted by molar-refractivity contribution is 6.53. The van der Waals surface area contributed by atoms with Gasteiger partial charge in [-0.2, -0.15) is 0 Å². The quantitative estimate of drug-likeness (QED) is 0.104. The number of ether oxygens (including phenoxy) is 3. The Bertz CT molecular complexity index is 1900. The smallest absolute Gasteiger partial charge is 0.340 e. The summed E-state index contributed by atoms with van der Waals surface area (Å²) < 4.78 is 14.4. The molecule has 0 aromatic carbocycles. The van der Waals surface area contributed by atoms with Gasteiger partial charge in [0.1, 0.15) is 5.71 Å². The second-order valence-electron chi connectivity index (χ2n) is 12.3. The Labute approximate surface area is 292 Å². The van der Waals surface area contributed by atoms with E-state index in [0.717, 1.165) is 64.3 Å². The van der Waals surface area contributed by atoms with Crippen LogP contribution in [0.3, 0.4) is 0 Å². The van der Waals surface area contributed by atoms with E-state index in [2.05, 4.69) is 45.5 Å². The molecule has 0 saturated carbocycles. The minimum Gasteiger partial charge on any atom is -0.469 e. The number of allylic oxidation sites excluding steroid dienone is 1. The van der Waals surface area contributed by atoms with Gasteiger partial charge in [-0.1, -0.05) is 6.92 Å². The first-order chi connectivity index (χ1) is 23.9. The van der Waals surface area contributed by atoms with Crippen LogP contribution in [-0.2, 0) is 59.1 Å². The molecule has 3 aromatic heterocycles. The van der Waals surface area contributed by atoms with Crippen LogP contribution in [0.1, 0.15) is 89.3 Å². The lowest BCUT2D eigenvalue weighted by atomic mass is 10.00. The Hall–Kier alpha value is -5.26. The molecule has 266 valence electrons. The van der Waals surface area contributed by atoms with Crippen LogP contribution in [0.4, 0.5) is 0 Å². The normalized spacial score (nSPS) is 13.8. The first-order valence-electron chi connectivity index (χ1n) is 16.7. The molecule has 0 atom stereocenters. The largest absolute Gasteiger partial charge is 0.469 e. The summed E-state index contributed by atoms with van der Waals surface area (Å²) in [6, 6.07) is 0. The van der Waals surface area contributed by atoms with Gasteiger partial charge in [-0.15, -0.1) is 0 Å². The Kier molecular flexibility index (Phi) is 12.7. The SMILES string of the molecule is CCc1c(/C=C2\N=C(C(=O)CCC(=O)OC)C(C(=O)OC)=C2C)[nH]c(C=NCCc2c[nH]c(Cc3[nH]cc(CCC(=O)OC)c3C)c2C)c1C. The van der Waals surface area contributed by atoms with Gasteiger partial charge in [-0.25, -0.2) is 9.79 Å². The number of carbonyl (C=O) groups excluding carboxylic acids is 4. The van der Waals surface area contributed by atoms with Crippen LogP contribution >= 0.6 is 0 Å². The molecule has 0 aliphatic carbocycles. The zero-order valence-corrected chi connectivity index (χ0v) is 30.2. The van der Waals surface area contributed by atoms with Crippen molar-refractivity contribution in [2.24, 2.45) is 9.98 Å². The Morgan fingerprint density at radius 3 is 2.02 bits per heavy atom. The van der Waals surface area contributed by atoms with Crippen LogP contribution in [-0.4, -0.2) is 78.4 Å². The molecule has 4 heterocycles. The van der Waals surface area contributed by atoms with Gasteiger partial charge in [0.05, 0.1) is 44.7 Å². The first-order valence-corrected chi connectivity index (χ1v) is 16.7. The number of Topliss-reactive ketones (excluding diaryl/α,β-unsaturated/α-hetero) is 1. The predicted octanol–water partition coefficient (Wildman–Crippen LogP) is 5.32. The van der Waals surface area contributed by atoms with Gasteiger partial charge < -0.3 is 29.2 Å². The summed E-state index contributed by atoms with van der Waals surface area (Å²) in [6.45, 7) is 10.6. The van der Waals surface area contributed by atoms with Gasteiger partial charge in [0, 0.05) is 61.5 Å². The number of rotatable bonds is 16. The number of aryl methyl sites for hydroxylation is 1. The molecule has 3 N–H and O–H groups in total. The standard InChI is InChI=1S/C38H47N5O7/c1-9-27-23(4)32(42-31(27)17-30-24(5)36(38(47)50-8)37(43-30)33(44)11-13-35(46)49-7)20-39-15-14-26-19-41-29(22(26)3)16-28-21(2)25(18-40-28)10-12-34(45)48-6/h17-20,40-42H,9-16H2,1-8H3/b30-17-,39-20?. The van der Waals surface area contributed by atoms with Crippen LogP contribution in [0, 0.1) is 20.8 Å². The number of nitrogens with one attached hydrogen (secondary N) is 3. The molecule has 0 amide bonds. The molecule has 0 bridgehead atoms. The minimum atomic E-state index is -0.659. The van der Waals surface area contributed by atoms with Crippen molar-refractivity contribution >= 4 is 41.7 Å². The molecule has 12 nitrogen and oxygen atoms in total. The fourth-order valence-electron chi connectivity index (χ4n) is 6.13. The van der Waals surface area contributed by atoms with Crippen molar-refractivity contribution in [2.45, 2.75) is 79.6 Å². The van der Waals surface area contributed by atoms with Crippen molar-refractivity contribution in [3.8, 4) is 0 Å². The molecule has 0 unspecified atom stereocenters. The summed E-state index contributed by atoms with van der Waals surface area (Å²) in [7, 11) is 3.92. The van der Waals surface area contributed by atoms with Crippen LogP contribution in [0.15, 0.2) is 39.2 Å². The molecule has 12 heteroatoms. The number of esters is 3. The fourth-order valence-corrected chi connectivity index (χ4v) is 6.13. The molecule has 50 heavy (non-hydrogen) atoms. The van der Waals surface area contributed by atoms with Gasteiger partial charge in [0.25, 0.3) is 0 Å². The number of ketones is 1.